The van der Waals surface area contributed by atoms with E-state index in [2.05, 4.69) is 4.98 Å². The van der Waals surface area contributed by atoms with Gasteiger partial charge in [-0.05, 0) is 48.4 Å². The number of hydrogen-bond acceptors (Lipinski definition) is 6. The molecule has 172 valence electrons. The van der Waals surface area contributed by atoms with Crippen molar-refractivity contribution in [3.05, 3.63) is 99.6 Å². The lowest BCUT2D eigenvalue weighted by Gasteiger charge is -2.08. The molecule has 0 fully saturated rings. The summed E-state index contributed by atoms with van der Waals surface area (Å²) in [7, 11) is 1.35. The fraction of sp³-hybridized carbons (Fsp3) is 0.148. The van der Waals surface area contributed by atoms with Crippen LogP contribution in [0.4, 0.5) is 4.39 Å². The number of ketones is 1. The molecule has 0 saturated carbocycles. The molecular formula is C27H22FNO4S. The number of aromatic nitrogens is 1. The number of rotatable bonds is 8. The number of ether oxygens (including phenoxy) is 2. The normalized spacial score (nSPS) is 10.7. The molecule has 0 atom stereocenters. The molecule has 0 spiro atoms. The van der Waals surface area contributed by atoms with Crippen LogP contribution in [-0.4, -0.2) is 23.8 Å². The van der Waals surface area contributed by atoms with Gasteiger partial charge < -0.3 is 9.47 Å². The van der Waals surface area contributed by atoms with Gasteiger partial charge in [0.2, 0.25) is 0 Å². The Labute approximate surface area is 200 Å². The predicted octanol–water partition coefficient (Wildman–Crippen LogP) is 6.19. The molecule has 0 N–H and O–H groups in total. The molecule has 2 aromatic carbocycles. The van der Waals surface area contributed by atoms with Crippen LogP contribution >= 0.6 is 11.3 Å². The molecule has 0 aliphatic carbocycles. The Balaban J connectivity index is 1.39. The first-order valence-electron chi connectivity index (χ1n) is 10.6. The second-order valence-corrected chi connectivity index (χ2v) is 8.71. The molecule has 0 saturated heterocycles. The summed E-state index contributed by atoms with van der Waals surface area (Å²) in [5, 5.41) is 1.84. The standard InChI is InChI=1S/C27H22FNO4S/c1-17-3-8-24(28)19(11-17)13-21(30)12-18-4-6-22(7-5-18)33-23-9-10-29-25(15-23)20-14-26(34-16-20)27(31)32-2/h3-11,14-16H,12-13H2,1-2H3. The van der Waals surface area contributed by atoms with E-state index in [1.807, 2.05) is 24.4 Å². The van der Waals surface area contributed by atoms with E-state index in [0.717, 1.165) is 16.7 Å². The predicted molar refractivity (Wildman–Crippen MR) is 129 cm³/mol. The Bertz CT molecular complexity index is 1330. The van der Waals surface area contributed by atoms with E-state index in [4.69, 9.17) is 9.47 Å². The number of carbonyl (C=O) groups excluding carboxylic acids is 2. The van der Waals surface area contributed by atoms with Crippen LogP contribution in [0.5, 0.6) is 11.5 Å². The third-order valence-corrected chi connectivity index (χ3v) is 6.07. The van der Waals surface area contributed by atoms with E-state index in [-0.39, 0.29) is 30.4 Å². The van der Waals surface area contributed by atoms with Crippen LogP contribution in [0, 0.1) is 12.7 Å². The van der Waals surface area contributed by atoms with Crippen molar-refractivity contribution in [2.45, 2.75) is 19.8 Å². The number of pyridine rings is 1. The second-order valence-electron chi connectivity index (χ2n) is 7.80. The van der Waals surface area contributed by atoms with Gasteiger partial charge in [-0.1, -0.05) is 29.8 Å². The lowest BCUT2D eigenvalue weighted by Crippen LogP contribution is -2.08. The highest BCUT2D eigenvalue weighted by Crippen LogP contribution is 2.29. The minimum Gasteiger partial charge on any atom is -0.465 e. The SMILES string of the molecule is COC(=O)c1cc(-c2cc(Oc3ccc(CC(=O)Cc4cc(C)ccc4F)cc3)ccn2)cs1. The summed E-state index contributed by atoms with van der Waals surface area (Å²) in [6.45, 7) is 1.87. The van der Waals surface area contributed by atoms with E-state index >= 15 is 0 Å². The summed E-state index contributed by atoms with van der Waals surface area (Å²) in [5.41, 5.74) is 3.65. The highest BCUT2D eigenvalue weighted by Gasteiger charge is 2.12. The Morgan fingerprint density at radius 2 is 1.76 bits per heavy atom. The number of carbonyl (C=O) groups is 2. The number of hydrogen-bond donors (Lipinski definition) is 0. The first kappa shape index (κ1) is 23.3. The number of aryl methyl sites for hydroxylation is 1. The van der Waals surface area contributed by atoms with Crippen molar-refractivity contribution in [3.8, 4) is 22.8 Å². The van der Waals surface area contributed by atoms with Crippen LogP contribution in [0.15, 0.2) is 72.2 Å². The maximum Gasteiger partial charge on any atom is 0.348 e. The lowest BCUT2D eigenvalue weighted by molar-refractivity contribution is -0.117. The Morgan fingerprint density at radius 1 is 0.971 bits per heavy atom. The zero-order valence-corrected chi connectivity index (χ0v) is 19.5. The molecular weight excluding hydrogens is 453 g/mol. The van der Waals surface area contributed by atoms with Crippen molar-refractivity contribution >= 4 is 23.1 Å². The van der Waals surface area contributed by atoms with E-state index in [0.29, 0.717) is 27.6 Å². The number of esters is 1. The van der Waals surface area contributed by atoms with Crippen molar-refractivity contribution in [2.75, 3.05) is 7.11 Å². The average molecular weight is 476 g/mol. The summed E-state index contributed by atoms with van der Waals surface area (Å²) in [4.78, 5) is 29.0. The van der Waals surface area contributed by atoms with Gasteiger partial charge in [0.05, 0.1) is 12.8 Å². The maximum atomic E-state index is 13.9. The molecule has 0 aliphatic rings. The summed E-state index contributed by atoms with van der Waals surface area (Å²) in [6.07, 6.45) is 1.91. The topological polar surface area (TPSA) is 65.5 Å². The molecule has 0 bridgehead atoms. The Kier molecular flexibility index (Phi) is 7.13. The number of benzene rings is 2. The van der Waals surface area contributed by atoms with E-state index in [1.165, 1.54) is 24.5 Å². The van der Waals surface area contributed by atoms with Crippen LogP contribution in [0.25, 0.3) is 11.3 Å². The van der Waals surface area contributed by atoms with Crippen molar-refractivity contribution in [3.63, 3.8) is 0 Å². The first-order chi connectivity index (χ1) is 16.4. The minimum absolute atomic E-state index is 0.0565. The molecule has 0 unspecified atom stereocenters. The summed E-state index contributed by atoms with van der Waals surface area (Å²) >= 11 is 1.29. The van der Waals surface area contributed by atoms with Gasteiger partial charge in [0, 0.05) is 36.0 Å². The van der Waals surface area contributed by atoms with Crippen LogP contribution in [-0.2, 0) is 22.4 Å². The molecule has 4 aromatic rings. The fourth-order valence-corrected chi connectivity index (χ4v) is 4.28. The fourth-order valence-electron chi connectivity index (χ4n) is 3.46. The van der Waals surface area contributed by atoms with Crippen molar-refractivity contribution in [1.82, 2.24) is 4.98 Å². The summed E-state index contributed by atoms with van der Waals surface area (Å²) in [5.74, 6) is 0.405. The minimum atomic E-state index is -0.383. The monoisotopic (exact) mass is 475 g/mol. The smallest absolute Gasteiger partial charge is 0.348 e. The highest BCUT2D eigenvalue weighted by molar-refractivity contribution is 7.12. The largest absolute Gasteiger partial charge is 0.465 e. The second kappa shape index (κ2) is 10.4. The van der Waals surface area contributed by atoms with Gasteiger partial charge >= 0.3 is 5.97 Å². The quantitative estimate of drug-likeness (QED) is 0.284. The third kappa shape index (κ3) is 5.74. The summed E-state index contributed by atoms with van der Waals surface area (Å²) in [6, 6.07) is 17.3. The Hall–Kier alpha value is -3.84. The first-order valence-corrected chi connectivity index (χ1v) is 11.5. The molecule has 0 radical (unpaired) electrons. The van der Waals surface area contributed by atoms with Gasteiger partial charge in [-0.15, -0.1) is 11.3 Å². The lowest BCUT2D eigenvalue weighted by atomic mass is 10.0. The van der Waals surface area contributed by atoms with Crippen LogP contribution < -0.4 is 4.74 Å². The Morgan fingerprint density at radius 3 is 2.53 bits per heavy atom. The van der Waals surface area contributed by atoms with Crippen molar-refractivity contribution in [1.29, 1.82) is 0 Å². The molecule has 34 heavy (non-hydrogen) atoms. The van der Waals surface area contributed by atoms with Gasteiger partial charge in [0.15, 0.2) is 0 Å². The highest BCUT2D eigenvalue weighted by atomic mass is 32.1. The van der Waals surface area contributed by atoms with Crippen LogP contribution in [0.1, 0.15) is 26.4 Å². The molecule has 2 heterocycles. The molecule has 2 aromatic heterocycles. The van der Waals surface area contributed by atoms with Gasteiger partial charge in [-0.3, -0.25) is 9.78 Å². The molecule has 4 rings (SSSR count). The van der Waals surface area contributed by atoms with Crippen LogP contribution in [0.2, 0.25) is 0 Å². The number of halogens is 1. The zero-order valence-electron chi connectivity index (χ0n) is 18.7. The zero-order chi connectivity index (χ0) is 24.1. The van der Waals surface area contributed by atoms with Gasteiger partial charge in [0.25, 0.3) is 0 Å². The van der Waals surface area contributed by atoms with E-state index in [9.17, 15) is 14.0 Å². The molecule has 5 nitrogen and oxygen atoms in total. The molecule has 7 heteroatoms. The van der Waals surface area contributed by atoms with Gasteiger partial charge in [0.1, 0.15) is 28.0 Å². The number of Topliss-reactive ketones (excluding diaryl/α,β-unsaturated/α-hetero) is 1. The molecule has 0 amide bonds. The maximum absolute atomic E-state index is 13.9. The van der Waals surface area contributed by atoms with Gasteiger partial charge in [-0.25, -0.2) is 9.18 Å². The average Bonchev–Trinajstić information content (AvgIpc) is 3.33. The van der Waals surface area contributed by atoms with E-state index in [1.54, 1.807) is 48.7 Å². The summed E-state index contributed by atoms with van der Waals surface area (Å²) < 4.78 is 24.6. The van der Waals surface area contributed by atoms with E-state index < -0.39 is 0 Å². The van der Waals surface area contributed by atoms with Crippen LogP contribution in [0.3, 0.4) is 0 Å². The third-order valence-electron chi connectivity index (χ3n) is 5.16. The van der Waals surface area contributed by atoms with Crippen molar-refractivity contribution in [2.24, 2.45) is 0 Å². The van der Waals surface area contributed by atoms with Gasteiger partial charge in [-0.2, -0.15) is 0 Å². The number of nitrogens with zero attached hydrogens (tertiary/aromatic N) is 1. The number of methoxy groups -OCH3 is 1. The number of thiophene rings is 1. The molecule has 0 aliphatic heterocycles. The van der Waals surface area contributed by atoms with Crippen molar-refractivity contribution < 1.29 is 23.5 Å².